The van der Waals surface area contributed by atoms with Gasteiger partial charge in [-0.3, -0.25) is 9.69 Å². The number of benzene rings is 1. The Kier molecular flexibility index (Phi) is 6.26. The average molecular weight is 349 g/mol. The van der Waals surface area contributed by atoms with Gasteiger partial charge >= 0.3 is 0 Å². The number of nitrogens with zero attached hydrogens (tertiary/aromatic N) is 2. The molecule has 138 valence electrons. The van der Waals surface area contributed by atoms with Crippen LogP contribution in [0.2, 0.25) is 0 Å². The maximum absolute atomic E-state index is 13.8. The molecular weight excluding hydrogens is 321 g/mol. The molecule has 0 saturated carbocycles. The smallest absolute Gasteiger partial charge is 0.222 e. The molecule has 1 atom stereocenters. The molecule has 0 aromatic heterocycles. The van der Waals surface area contributed by atoms with Gasteiger partial charge in [0.05, 0.1) is 7.11 Å². The van der Waals surface area contributed by atoms with Gasteiger partial charge in [0.1, 0.15) is 0 Å². The van der Waals surface area contributed by atoms with Crippen molar-refractivity contribution in [3.63, 3.8) is 0 Å². The summed E-state index contributed by atoms with van der Waals surface area (Å²) < 4.78 is 18.7. The number of piperazine rings is 1. The lowest BCUT2D eigenvalue weighted by atomic mass is 10.0. The van der Waals surface area contributed by atoms with Crippen LogP contribution in [0.15, 0.2) is 18.2 Å². The molecule has 2 saturated heterocycles. The zero-order chi connectivity index (χ0) is 17.6. The Morgan fingerprint density at radius 1 is 1.32 bits per heavy atom. The highest BCUT2D eigenvalue weighted by molar-refractivity contribution is 5.76. The van der Waals surface area contributed by atoms with E-state index in [2.05, 4.69) is 10.2 Å². The Balaban J connectivity index is 1.42. The van der Waals surface area contributed by atoms with Crippen LogP contribution in [-0.4, -0.2) is 62.1 Å². The Morgan fingerprint density at radius 3 is 2.76 bits per heavy atom. The Hall–Kier alpha value is -1.66. The van der Waals surface area contributed by atoms with Gasteiger partial charge in [0.15, 0.2) is 11.6 Å². The number of nitrogens with one attached hydrogen (secondary N) is 1. The van der Waals surface area contributed by atoms with E-state index < -0.39 is 0 Å². The third-order valence-electron chi connectivity index (χ3n) is 5.28. The third kappa shape index (κ3) is 4.92. The van der Waals surface area contributed by atoms with Gasteiger partial charge < -0.3 is 15.0 Å². The summed E-state index contributed by atoms with van der Waals surface area (Å²) in [6, 6.07) is 5.10. The highest BCUT2D eigenvalue weighted by Crippen LogP contribution is 2.20. The fourth-order valence-electron chi connectivity index (χ4n) is 3.67. The lowest BCUT2D eigenvalue weighted by molar-refractivity contribution is -0.133. The summed E-state index contributed by atoms with van der Waals surface area (Å²) in [6.07, 6.45) is 2.85. The van der Waals surface area contributed by atoms with Crippen molar-refractivity contribution in [2.45, 2.75) is 25.8 Å². The predicted octanol–water partition coefficient (Wildman–Crippen LogP) is 1.87. The van der Waals surface area contributed by atoms with Crippen molar-refractivity contribution in [2.24, 2.45) is 5.92 Å². The summed E-state index contributed by atoms with van der Waals surface area (Å²) in [5.41, 5.74) is 0.937. The molecule has 0 radical (unpaired) electrons. The monoisotopic (exact) mass is 349 g/mol. The van der Waals surface area contributed by atoms with E-state index in [-0.39, 0.29) is 17.5 Å². The minimum atomic E-state index is -0.324. The van der Waals surface area contributed by atoms with Crippen LogP contribution in [0.4, 0.5) is 4.39 Å². The molecule has 1 aromatic carbocycles. The fraction of sp³-hybridized carbons (Fsp3) is 0.632. The number of amides is 1. The van der Waals surface area contributed by atoms with Crippen LogP contribution in [0.1, 0.15) is 24.8 Å². The van der Waals surface area contributed by atoms with Gasteiger partial charge in [-0.25, -0.2) is 4.39 Å². The van der Waals surface area contributed by atoms with Crippen molar-refractivity contribution < 1.29 is 13.9 Å². The molecule has 6 heteroatoms. The van der Waals surface area contributed by atoms with E-state index in [9.17, 15) is 9.18 Å². The summed E-state index contributed by atoms with van der Waals surface area (Å²) in [5.74, 6) is 0.893. The molecule has 2 fully saturated rings. The van der Waals surface area contributed by atoms with Gasteiger partial charge in [-0.1, -0.05) is 6.07 Å². The molecule has 0 bridgehead atoms. The molecule has 5 nitrogen and oxygen atoms in total. The molecule has 2 heterocycles. The number of hydrogen-bond donors (Lipinski definition) is 1. The van der Waals surface area contributed by atoms with Gasteiger partial charge in [-0.15, -0.1) is 0 Å². The number of ether oxygens (including phenoxy) is 1. The Bertz CT molecular complexity index is 582. The second-order valence-electron chi connectivity index (χ2n) is 7.02. The van der Waals surface area contributed by atoms with E-state index >= 15 is 0 Å². The quantitative estimate of drug-likeness (QED) is 0.852. The summed E-state index contributed by atoms with van der Waals surface area (Å²) in [6.45, 7) is 6.05. The van der Waals surface area contributed by atoms with E-state index in [0.717, 1.165) is 51.3 Å². The van der Waals surface area contributed by atoms with Crippen molar-refractivity contribution in [2.75, 3.05) is 46.4 Å². The van der Waals surface area contributed by atoms with Crippen molar-refractivity contribution in [1.82, 2.24) is 15.1 Å². The highest BCUT2D eigenvalue weighted by Gasteiger charge is 2.23. The minimum absolute atomic E-state index is 0.275. The van der Waals surface area contributed by atoms with Crippen LogP contribution >= 0.6 is 0 Å². The van der Waals surface area contributed by atoms with Gasteiger partial charge in [0, 0.05) is 39.1 Å². The van der Waals surface area contributed by atoms with Crippen molar-refractivity contribution in [3.05, 3.63) is 29.6 Å². The largest absolute Gasteiger partial charge is 0.494 e. The number of carbonyl (C=O) groups is 1. The number of carbonyl (C=O) groups excluding carboxylic acids is 1. The van der Waals surface area contributed by atoms with Gasteiger partial charge in [0.25, 0.3) is 0 Å². The van der Waals surface area contributed by atoms with Crippen LogP contribution in [0, 0.1) is 11.7 Å². The highest BCUT2D eigenvalue weighted by atomic mass is 19.1. The van der Waals surface area contributed by atoms with E-state index in [1.54, 1.807) is 6.07 Å². The van der Waals surface area contributed by atoms with Crippen LogP contribution in [0.5, 0.6) is 5.75 Å². The molecule has 2 aliphatic heterocycles. The topological polar surface area (TPSA) is 44.8 Å². The van der Waals surface area contributed by atoms with Crippen molar-refractivity contribution >= 4 is 5.91 Å². The number of methoxy groups -OCH3 is 1. The number of hydrogen-bond acceptors (Lipinski definition) is 4. The summed E-state index contributed by atoms with van der Waals surface area (Å²) in [5, 5.41) is 3.35. The van der Waals surface area contributed by atoms with Gasteiger partial charge in [-0.05, 0) is 49.5 Å². The standard InChI is InChI=1S/C19H28FN3O2/c1-25-18-4-2-16(12-17(18)20)14-22-8-10-23(11-9-22)19(24)5-3-15-6-7-21-13-15/h2,4,12,15,21H,3,5-11,13-14H2,1H3. The Morgan fingerprint density at radius 2 is 2.12 bits per heavy atom. The molecule has 0 spiro atoms. The molecule has 1 aromatic rings. The molecule has 25 heavy (non-hydrogen) atoms. The summed E-state index contributed by atoms with van der Waals surface area (Å²) >= 11 is 0. The molecule has 1 unspecified atom stereocenters. The zero-order valence-corrected chi connectivity index (χ0v) is 15.0. The lowest BCUT2D eigenvalue weighted by Crippen LogP contribution is -2.48. The van der Waals surface area contributed by atoms with E-state index in [0.29, 0.717) is 18.9 Å². The van der Waals surface area contributed by atoms with Crippen LogP contribution in [0.3, 0.4) is 0 Å². The van der Waals surface area contributed by atoms with Gasteiger partial charge in [-0.2, -0.15) is 0 Å². The van der Waals surface area contributed by atoms with Crippen LogP contribution < -0.4 is 10.1 Å². The first kappa shape index (κ1) is 18.1. The zero-order valence-electron chi connectivity index (χ0n) is 15.0. The van der Waals surface area contributed by atoms with Gasteiger partial charge in [0.2, 0.25) is 5.91 Å². The maximum atomic E-state index is 13.8. The predicted molar refractivity (Wildman–Crippen MR) is 95.0 cm³/mol. The first-order valence-corrected chi connectivity index (χ1v) is 9.19. The van der Waals surface area contributed by atoms with E-state index in [4.69, 9.17) is 4.74 Å². The van der Waals surface area contributed by atoms with E-state index in [1.807, 2.05) is 11.0 Å². The number of rotatable bonds is 6. The Labute approximate surface area is 149 Å². The molecule has 3 rings (SSSR count). The SMILES string of the molecule is COc1ccc(CN2CCN(C(=O)CCC3CCNC3)CC2)cc1F. The minimum Gasteiger partial charge on any atom is -0.494 e. The molecule has 1 amide bonds. The molecular formula is C19H28FN3O2. The second-order valence-corrected chi connectivity index (χ2v) is 7.02. The fourth-order valence-corrected chi connectivity index (χ4v) is 3.67. The average Bonchev–Trinajstić information content (AvgIpc) is 3.14. The lowest BCUT2D eigenvalue weighted by Gasteiger charge is -2.35. The third-order valence-corrected chi connectivity index (χ3v) is 5.28. The first-order chi connectivity index (χ1) is 12.2. The second kappa shape index (κ2) is 8.63. The number of halogens is 1. The summed E-state index contributed by atoms with van der Waals surface area (Å²) in [4.78, 5) is 16.6. The normalized spacial score (nSPS) is 21.5. The molecule has 2 aliphatic rings. The summed E-state index contributed by atoms with van der Waals surface area (Å²) in [7, 11) is 1.47. The molecule has 0 aliphatic carbocycles. The van der Waals surface area contributed by atoms with Crippen molar-refractivity contribution in [1.29, 1.82) is 0 Å². The molecule has 1 N–H and O–H groups in total. The van der Waals surface area contributed by atoms with Crippen molar-refractivity contribution in [3.8, 4) is 5.75 Å². The maximum Gasteiger partial charge on any atom is 0.222 e. The van der Waals surface area contributed by atoms with Crippen LogP contribution in [-0.2, 0) is 11.3 Å². The van der Waals surface area contributed by atoms with Crippen LogP contribution in [0.25, 0.3) is 0 Å². The van der Waals surface area contributed by atoms with E-state index in [1.165, 1.54) is 19.6 Å². The first-order valence-electron chi connectivity index (χ1n) is 9.19.